The van der Waals surface area contributed by atoms with Crippen LogP contribution in [0.4, 0.5) is 0 Å². The Morgan fingerprint density at radius 2 is 1.89 bits per heavy atom. The quantitative estimate of drug-likeness (QED) is 0.363. The minimum atomic E-state index is 0.399. The molecular weight excluding hydrogens is 485 g/mol. The van der Waals surface area contributed by atoms with Crippen molar-refractivity contribution in [2.45, 2.75) is 5.88 Å². The first-order valence-electron chi connectivity index (χ1n) is 5.68. The molecule has 1 heterocycles. The Hall–Kier alpha value is -0.340. The third kappa shape index (κ3) is 2.50. The molecule has 96 valence electrons. The Labute approximate surface area is 143 Å². The van der Waals surface area contributed by atoms with Crippen LogP contribution in [0.5, 0.6) is 0 Å². The molecule has 2 aromatic carbocycles. The number of hydrogen-bond acceptors (Lipinski definition) is 1. The van der Waals surface area contributed by atoms with Gasteiger partial charge in [-0.15, -0.1) is 11.6 Å². The van der Waals surface area contributed by atoms with Crippen LogP contribution >= 0.6 is 56.8 Å². The van der Waals surface area contributed by atoms with Crippen LogP contribution in [-0.2, 0) is 5.88 Å². The summed E-state index contributed by atoms with van der Waals surface area (Å²) in [6.45, 7) is 0. The van der Waals surface area contributed by atoms with E-state index in [9.17, 15) is 0 Å². The average molecular weight is 495 g/mol. The zero-order valence-electron chi connectivity index (χ0n) is 9.78. The highest BCUT2D eigenvalue weighted by atomic mass is 127. The summed E-state index contributed by atoms with van der Waals surface area (Å²) in [5, 5.41) is 0. The summed E-state index contributed by atoms with van der Waals surface area (Å²) in [7, 11) is 0. The van der Waals surface area contributed by atoms with Gasteiger partial charge >= 0.3 is 0 Å². The predicted octanol–water partition coefficient (Wildman–Crippen LogP) is 4.97. The lowest BCUT2D eigenvalue weighted by molar-refractivity contribution is 0.977. The fraction of sp³-hybridized carbons (Fsp3) is 0.0714. The van der Waals surface area contributed by atoms with Crippen molar-refractivity contribution in [3.05, 3.63) is 55.4 Å². The number of benzene rings is 2. The van der Waals surface area contributed by atoms with E-state index in [1.165, 1.54) is 7.14 Å². The zero-order valence-corrected chi connectivity index (χ0v) is 14.8. The maximum Gasteiger partial charge on any atom is 0.129 e. The molecule has 0 fully saturated rings. The molecule has 1 aromatic heterocycles. The van der Waals surface area contributed by atoms with Crippen molar-refractivity contribution in [3.63, 3.8) is 0 Å². The Kier molecular flexibility index (Phi) is 4.00. The fourth-order valence-electron chi connectivity index (χ4n) is 2.09. The van der Waals surface area contributed by atoms with Crippen LogP contribution < -0.4 is 0 Å². The molecular formula is C14H9ClI2N2. The number of nitrogens with zero attached hydrogens (tertiary/aromatic N) is 2. The standard InChI is InChI=1S/C14H9ClI2N2/c15-8-14-18-11-7-9(16)5-6-13(11)19(14)12-4-2-1-3-10(12)17/h1-7H,8H2. The molecule has 3 aromatic rings. The number of halogens is 3. The smallest absolute Gasteiger partial charge is 0.129 e. The molecule has 0 unspecified atom stereocenters. The Morgan fingerprint density at radius 1 is 1.11 bits per heavy atom. The van der Waals surface area contributed by atoms with Crippen LogP contribution in [0.15, 0.2) is 42.5 Å². The molecule has 0 aliphatic carbocycles. The fourth-order valence-corrected chi connectivity index (χ4v) is 3.38. The number of alkyl halides is 1. The summed E-state index contributed by atoms with van der Waals surface area (Å²) in [6.07, 6.45) is 0. The van der Waals surface area contributed by atoms with Crippen LogP contribution in [0.3, 0.4) is 0 Å². The van der Waals surface area contributed by atoms with Crippen molar-refractivity contribution in [1.82, 2.24) is 9.55 Å². The maximum atomic E-state index is 6.06. The van der Waals surface area contributed by atoms with E-state index in [1.54, 1.807) is 0 Å². The minimum Gasteiger partial charge on any atom is -0.294 e. The van der Waals surface area contributed by atoms with Crippen LogP contribution in [0.2, 0.25) is 0 Å². The minimum absolute atomic E-state index is 0.399. The first-order valence-corrected chi connectivity index (χ1v) is 8.37. The zero-order chi connectivity index (χ0) is 13.4. The van der Waals surface area contributed by atoms with Gasteiger partial charge in [0.15, 0.2) is 0 Å². The van der Waals surface area contributed by atoms with Crippen LogP contribution in [0, 0.1) is 7.14 Å². The molecule has 0 aliphatic rings. The average Bonchev–Trinajstić information content (AvgIpc) is 2.76. The Bertz CT molecular complexity index is 752. The van der Waals surface area contributed by atoms with Gasteiger partial charge in [-0.3, -0.25) is 4.57 Å². The molecule has 0 N–H and O–H groups in total. The van der Waals surface area contributed by atoms with Crippen LogP contribution in [0.25, 0.3) is 16.7 Å². The first-order chi connectivity index (χ1) is 9.20. The third-order valence-electron chi connectivity index (χ3n) is 2.90. The first kappa shape index (κ1) is 13.6. The van der Waals surface area contributed by atoms with E-state index in [-0.39, 0.29) is 0 Å². The van der Waals surface area contributed by atoms with E-state index in [0.29, 0.717) is 5.88 Å². The van der Waals surface area contributed by atoms with Crippen molar-refractivity contribution in [1.29, 1.82) is 0 Å². The van der Waals surface area contributed by atoms with E-state index in [2.05, 4.69) is 85.1 Å². The van der Waals surface area contributed by atoms with Crippen molar-refractivity contribution < 1.29 is 0 Å². The second-order valence-corrected chi connectivity index (χ2v) is 6.76. The van der Waals surface area contributed by atoms with Crippen molar-refractivity contribution >= 4 is 67.8 Å². The predicted molar refractivity (Wildman–Crippen MR) is 96.1 cm³/mol. The van der Waals surface area contributed by atoms with E-state index in [0.717, 1.165) is 22.5 Å². The number of rotatable bonds is 2. The molecule has 5 heteroatoms. The van der Waals surface area contributed by atoms with Gasteiger partial charge < -0.3 is 0 Å². The Balaban J connectivity index is 2.36. The molecule has 0 aliphatic heterocycles. The molecule has 0 spiro atoms. The van der Waals surface area contributed by atoms with E-state index in [4.69, 9.17) is 11.6 Å². The summed E-state index contributed by atoms with van der Waals surface area (Å²) in [6, 6.07) is 14.5. The second kappa shape index (κ2) is 5.57. The largest absolute Gasteiger partial charge is 0.294 e. The van der Waals surface area contributed by atoms with Gasteiger partial charge in [-0.2, -0.15) is 0 Å². The molecule has 0 atom stereocenters. The van der Waals surface area contributed by atoms with Gasteiger partial charge in [-0.1, -0.05) is 12.1 Å². The molecule has 19 heavy (non-hydrogen) atoms. The molecule has 0 bridgehead atoms. The van der Waals surface area contributed by atoms with E-state index >= 15 is 0 Å². The van der Waals surface area contributed by atoms with Crippen LogP contribution in [-0.4, -0.2) is 9.55 Å². The monoisotopic (exact) mass is 494 g/mol. The van der Waals surface area contributed by atoms with Gasteiger partial charge in [0.25, 0.3) is 0 Å². The highest BCUT2D eigenvalue weighted by Crippen LogP contribution is 2.26. The molecule has 0 radical (unpaired) electrons. The van der Waals surface area contributed by atoms with Gasteiger partial charge in [0.1, 0.15) is 5.82 Å². The van der Waals surface area contributed by atoms with Crippen molar-refractivity contribution in [2.24, 2.45) is 0 Å². The van der Waals surface area contributed by atoms with E-state index < -0.39 is 0 Å². The molecule has 0 saturated heterocycles. The highest BCUT2D eigenvalue weighted by Gasteiger charge is 2.13. The topological polar surface area (TPSA) is 17.8 Å². The number of hydrogen-bond donors (Lipinski definition) is 0. The lowest BCUT2D eigenvalue weighted by Crippen LogP contribution is -2.01. The third-order valence-corrected chi connectivity index (χ3v) is 4.72. The summed E-state index contributed by atoms with van der Waals surface area (Å²) in [4.78, 5) is 4.63. The molecule has 0 saturated carbocycles. The second-order valence-electron chi connectivity index (χ2n) is 4.08. The summed E-state index contributed by atoms with van der Waals surface area (Å²) >= 11 is 10.7. The maximum absolute atomic E-state index is 6.06. The lowest BCUT2D eigenvalue weighted by Gasteiger charge is -2.09. The highest BCUT2D eigenvalue weighted by molar-refractivity contribution is 14.1. The van der Waals surface area contributed by atoms with Crippen molar-refractivity contribution in [3.8, 4) is 5.69 Å². The number of imidazole rings is 1. The lowest BCUT2D eigenvalue weighted by atomic mass is 10.3. The molecule has 3 rings (SSSR count). The summed E-state index contributed by atoms with van der Waals surface area (Å²) in [5.41, 5.74) is 3.21. The van der Waals surface area contributed by atoms with Crippen molar-refractivity contribution in [2.75, 3.05) is 0 Å². The number of para-hydroxylation sites is 1. The van der Waals surface area contributed by atoms with Gasteiger partial charge in [0, 0.05) is 7.14 Å². The Morgan fingerprint density at radius 3 is 2.63 bits per heavy atom. The summed E-state index contributed by atoms with van der Waals surface area (Å²) < 4.78 is 4.50. The molecule has 0 amide bonds. The van der Waals surface area contributed by atoms with Gasteiger partial charge in [0.2, 0.25) is 0 Å². The SMILES string of the molecule is ClCc1nc2cc(I)ccc2n1-c1ccccc1I. The van der Waals surface area contributed by atoms with Crippen LogP contribution in [0.1, 0.15) is 5.82 Å². The van der Waals surface area contributed by atoms with E-state index in [1.807, 2.05) is 12.1 Å². The van der Waals surface area contributed by atoms with Gasteiger partial charge in [-0.05, 0) is 75.5 Å². The summed E-state index contributed by atoms with van der Waals surface area (Å²) in [5.74, 6) is 1.28. The molecule has 2 nitrogen and oxygen atoms in total. The van der Waals surface area contributed by atoms with Gasteiger partial charge in [-0.25, -0.2) is 4.98 Å². The normalized spacial score (nSPS) is 11.1. The number of aromatic nitrogens is 2. The number of fused-ring (bicyclic) bond motifs is 1. The van der Waals surface area contributed by atoms with Gasteiger partial charge in [0.05, 0.1) is 22.6 Å².